The Kier molecular flexibility index (Phi) is 5.10. The van der Waals surface area contributed by atoms with E-state index in [2.05, 4.69) is 0 Å². The van der Waals surface area contributed by atoms with Gasteiger partial charge in [0, 0.05) is 29.3 Å². The first-order valence-electron chi connectivity index (χ1n) is 10.7. The van der Waals surface area contributed by atoms with Crippen LogP contribution < -0.4 is 4.90 Å². The third-order valence-corrected chi connectivity index (χ3v) is 7.87. The fourth-order valence-corrected chi connectivity index (χ4v) is 6.16. The molecule has 0 spiro atoms. The molecule has 1 amide bonds. The van der Waals surface area contributed by atoms with Crippen molar-refractivity contribution in [1.29, 1.82) is 0 Å². The first-order chi connectivity index (χ1) is 15.4. The van der Waals surface area contributed by atoms with Crippen molar-refractivity contribution in [1.82, 2.24) is 4.57 Å². The number of anilines is 1. The quantitative estimate of drug-likeness (QED) is 0.455. The normalized spacial score (nSPS) is 13.5. The van der Waals surface area contributed by atoms with Gasteiger partial charge in [0.15, 0.2) is 9.84 Å². The third kappa shape index (κ3) is 3.60. The van der Waals surface area contributed by atoms with Crippen LogP contribution in [0.2, 0.25) is 0 Å². The summed E-state index contributed by atoms with van der Waals surface area (Å²) in [6, 6.07) is 22.8. The van der Waals surface area contributed by atoms with E-state index in [9.17, 15) is 13.2 Å². The average Bonchev–Trinajstić information content (AvgIpc) is 3.38. The molecule has 1 aromatic heterocycles. The highest BCUT2D eigenvalue weighted by molar-refractivity contribution is 7.90. The number of hydrogen-bond acceptors (Lipinski definition) is 3. The maximum atomic E-state index is 13.4. The molecule has 0 radical (unpaired) electrons. The Hall–Kier alpha value is -3.38. The van der Waals surface area contributed by atoms with E-state index in [1.54, 1.807) is 15.7 Å². The van der Waals surface area contributed by atoms with E-state index in [-0.39, 0.29) is 23.1 Å². The van der Waals surface area contributed by atoms with Gasteiger partial charge in [0.05, 0.1) is 10.6 Å². The smallest absolute Gasteiger partial charge is 0.246 e. The molecule has 0 atom stereocenters. The lowest BCUT2D eigenvalue weighted by atomic mass is 10.1. The second-order valence-corrected chi connectivity index (χ2v) is 10.2. The minimum atomic E-state index is -3.59. The summed E-state index contributed by atoms with van der Waals surface area (Å²) in [7, 11) is -3.59. The van der Waals surface area contributed by atoms with Gasteiger partial charge in [-0.2, -0.15) is 0 Å². The van der Waals surface area contributed by atoms with Gasteiger partial charge in [-0.3, -0.25) is 4.79 Å². The third-order valence-electron chi connectivity index (χ3n) is 6.19. The number of nitrogens with zero attached hydrogens (tertiary/aromatic N) is 2. The summed E-state index contributed by atoms with van der Waals surface area (Å²) in [5.41, 5.74) is 4.59. The molecule has 0 bridgehead atoms. The van der Waals surface area contributed by atoms with Crippen molar-refractivity contribution >= 4 is 32.3 Å². The van der Waals surface area contributed by atoms with Gasteiger partial charge in [-0.25, -0.2) is 8.42 Å². The van der Waals surface area contributed by atoms with Gasteiger partial charge in [0.1, 0.15) is 6.54 Å². The van der Waals surface area contributed by atoms with Crippen LogP contribution in [0, 0.1) is 6.92 Å². The minimum absolute atomic E-state index is 0.0430. The zero-order chi connectivity index (χ0) is 22.3. The van der Waals surface area contributed by atoms with Gasteiger partial charge in [-0.15, -0.1) is 0 Å². The van der Waals surface area contributed by atoms with Gasteiger partial charge in [-0.05, 0) is 42.2 Å². The largest absolute Gasteiger partial charge is 0.337 e. The summed E-state index contributed by atoms with van der Waals surface area (Å²) in [4.78, 5) is 15.2. The van der Waals surface area contributed by atoms with Crippen LogP contribution in [0.5, 0.6) is 0 Å². The highest BCUT2D eigenvalue weighted by Crippen LogP contribution is 2.31. The molecule has 3 aromatic carbocycles. The van der Waals surface area contributed by atoms with Gasteiger partial charge < -0.3 is 9.47 Å². The summed E-state index contributed by atoms with van der Waals surface area (Å²) in [5, 5.41) is 0.649. The van der Waals surface area contributed by atoms with Crippen LogP contribution in [0.3, 0.4) is 0 Å². The predicted molar refractivity (Wildman–Crippen MR) is 127 cm³/mol. The van der Waals surface area contributed by atoms with Crippen LogP contribution in [0.1, 0.15) is 16.7 Å². The maximum absolute atomic E-state index is 13.4. The van der Waals surface area contributed by atoms with E-state index in [4.69, 9.17) is 0 Å². The Bertz CT molecular complexity index is 1440. The van der Waals surface area contributed by atoms with Gasteiger partial charge in [0.25, 0.3) is 0 Å². The Balaban J connectivity index is 1.50. The van der Waals surface area contributed by atoms with Crippen molar-refractivity contribution in [3.63, 3.8) is 0 Å². The Morgan fingerprint density at radius 3 is 2.50 bits per heavy atom. The molecular formula is C26H24N2O3S. The fraction of sp³-hybridized carbons (Fsp3) is 0.192. The van der Waals surface area contributed by atoms with Crippen LogP contribution in [-0.2, 0) is 33.4 Å². The molecule has 0 saturated carbocycles. The van der Waals surface area contributed by atoms with E-state index < -0.39 is 9.84 Å². The predicted octanol–water partition coefficient (Wildman–Crippen LogP) is 4.51. The molecule has 5 rings (SSSR count). The summed E-state index contributed by atoms with van der Waals surface area (Å²) >= 11 is 0. The number of sulfone groups is 1. The lowest BCUT2D eigenvalue weighted by molar-refractivity contribution is -0.119. The number of rotatable bonds is 5. The number of hydrogen-bond donors (Lipinski definition) is 0. The average molecular weight is 445 g/mol. The van der Waals surface area contributed by atoms with Crippen molar-refractivity contribution in [2.75, 3.05) is 11.4 Å². The summed E-state index contributed by atoms with van der Waals surface area (Å²) < 4.78 is 28.5. The second-order valence-electron chi connectivity index (χ2n) is 8.25. The monoisotopic (exact) mass is 444 g/mol. The summed E-state index contributed by atoms with van der Waals surface area (Å²) in [5.74, 6) is -0.111. The number of amides is 1. The molecule has 0 saturated heterocycles. The number of benzene rings is 3. The number of carbonyl (C=O) groups is 1. The summed E-state index contributed by atoms with van der Waals surface area (Å²) in [6.07, 6.45) is 2.46. The molecule has 1 aliphatic heterocycles. The van der Waals surface area contributed by atoms with Crippen LogP contribution in [0.15, 0.2) is 83.9 Å². The first-order valence-corrected chi connectivity index (χ1v) is 12.3. The van der Waals surface area contributed by atoms with Gasteiger partial charge in [0.2, 0.25) is 5.91 Å². The fourth-order valence-electron chi connectivity index (χ4n) is 4.47. The van der Waals surface area contributed by atoms with Crippen molar-refractivity contribution in [2.24, 2.45) is 0 Å². The van der Waals surface area contributed by atoms with Crippen molar-refractivity contribution in [3.8, 4) is 0 Å². The highest BCUT2D eigenvalue weighted by atomic mass is 32.2. The molecular weight excluding hydrogens is 420 g/mol. The van der Waals surface area contributed by atoms with Crippen molar-refractivity contribution < 1.29 is 13.2 Å². The number of aromatic nitrogens is 1. The zero-order valence-corrected chi connectivity index (χ0v) is 18.7. The van der Waals surface area contributed by atoms with E-state index in [0.29, 0.717) is 11.9 Å². The number of carbonyl (C=O) groups excluding carboxylic acids is 1. The van der Waals surface area contributed by atoms with E-state index in [0.717, 1.165) is 28.8 Å². The maximum Gasteiger partial charge on any atom is 0.246 e. The van der Waals surface area contributed by atoms with Crippen LogP contribution >= 0.6 is 0 Å². The SMILES string of the molecule is Cc1ccccc1CS(=O)(=O)c1cn(CC(=O)N2CCc3ccccc32)c2ccccc12. The molecule has 4 aromatic rings. The standard InChI is InChI=1S/C26H24N2O3S/c1-19-8-2-3-10-21(19)18-32(30,31)25-16-27(24-13-7-5-11-22(24)25)17-26(29)28-15-14-20-9-4-6-12-23(20)28/h2-13,16H,14-15,17-18H2,1H3. The van der Waals surface area contributed by atoms with Crippen molar-refractivity contribution in [2.45, 2.75) is 30.5 Å². The van der Waals surface area contributed by atoms with E-state index >= 15 is 0 Å². The molecule has 2 heterocycles. The molecule has 162 valence electrons. The molecule has 5 nitrogen and oxygen atoms in total. The van der Waals surface area contributed by atoms with Crippen molar-refractivity contribution in [3.05, 3.63) is 95.7 Å². The van der Waals surface area contributed by atoms with Gasteiger partial charge in [-0.1, -0.05) is 60.7 Å². The summed E-state index contributed by atoms with van der Waals surface area (Å²) in [6.45, 7) is 2.66. The van der Waals surface area contributed by atoms with Gasteiger partial charge >= 0.3 is 0 Å². The molecule has 0 N–H and O–H groups in total. The molecule has 1 aliphatic rings. The highest BCUT2D eigenvalue weighted by Gasteiger charge is 2.27. The van der Waals surface area contributed by atoms with Crippen LogP contribution in [-0.4, -0.2) is 25.4 Å². The molecule has 32 heavy (non-hydrogen) atoms. The molecule has 0 fully saturated rings. The first kappa shape index (κ1) is 20.5. The minimum Gasteiger partial charge on any atom is -0.337 e. The Morgan fingerprint density at radius 1 is 0.938 bits per heavy atom. The molecule has 0 aliphatic carbocycles. The van der Waals surface area contributed by atoms with Crippen LogP contribution in [0.25, 0.3) is 10.9 Å². The lowest BCUT2D eigenvalue weighted by Gasteiger charge is -2.18. The van der Waals surface area contributed by atoms with Crippen LogP contribution in [0.4, 0.5) is 5.69 Å². The Labute approximate surface area is 187 Å². The number of aryl methyl sites for hydroxylation is 1. The second kappa shape index (κ2) is 7.95. The molecule has 0 unspecified atom stereocenters. The van der Waals surface area contributed by atoms with E-state index in [1.807, 2.05) is 79.7 Å². The number of para-hydroxylation sites is 2. The van der Waals surface area contributed by atoms with E-state index in [1.165, 1.54) is 5.56 Å². The Morgan fingerprint density at radius 2 is 1.66 bits per heavy atom. The number of fused-ring (bicyclic) bond motifs is 2. The molecule has 6 heteroatoms. The zero-order valence-electron chi connectivity index (χ0n) is 17.9. The topological polar surface area (TPSA) is 59.4 Å². The lowest BCUT2D eigenvalue weighted by Crippen LogP contribution is -2.32.